The Morgan fingerprint density at radius 1 is 1.30 bits per heavy atom. The minimum Gasteiger partial charge on any atom is -0.396 e. The molecule has 0 saturated carbocycles. The molecule has 0 unspecified atom stereocenters. The molecule has 1 aromatic heterocycles. The monoisotopic (exact) mass is 266 g/mol. The van der Waals surface area contributed by atoms with Gasteiger partial charge in [0.15, 0.2) is 0 Å². The maximum Gasteiger partial charge on any atom is 0.149 e. The van der Waals surface area contributed by atoms with Crippen molar-refractivity contribution in [3.8, 4) is 6.07 Å². The van der Waals surface area contributed by atoms with E-state index in [-0.39, 0.29) is 0 Å². The van der Waals surface area contributed by atoms with E-state index in [1.54, 1.807) is 6.07 Å². The Morgan fingerprint density at radius 2 is 2.00 bits per heavy atom. The first-order chi connectivity index (χ1) is 9.60. The molecular weight excluding hydrogens is 248 g/mol. The highest BCUT2D eigenvalue weighted by atomic mass is 15.0. The Labute approximate surface area is 119 Å². The van der Waals surface area contributed by atoms with Crippen molar-refractivity contribution in [1.29, 1.82) is 5.26 Å². The van der Waals surface area contributed by atoms with E-state index in [0.29, 0.717) is 29.5 Å². The third-order valence-electron chi connectivity index (χ3n) is 3.15. The van der Waals surface area contributed by atoms with Crippen LogP contribution in [0.5, 0.6) is 0 Å². The quantitative estimate of drug-likeness (QED) is 0.890. The van der Waals surface area contributed by atoms with Crippen LogP contribution in [-0.2, 0) is 6.54 Å². The molecule has 2 aromatic rings. The van der Waals surface area contributed by atoms with Gasteiger partial charge >= 0.3 is 0 Å². The first-order valence-corrected chi connectivity index (χ1v) is 6.58. The van der Waals surface area contributed by atoms with Gasteiger partial charge in [0.1, 0.15) is 11.9 Å². The van der Waals surface area contributed by atoms with Crippen LogP contribution >= 0.6 is 0 Å². The summed E-state index contributed by atoms with van der Waals surface area (Å²) in [6, 6.07) is 12.1. The lowest BCUT2D eigenvalue weighted by atomic mass is 10.0. The average Bonchev–Trinajstić information content (AvgIpc) is 2.46. The van der Waals surface area contributed by atoms with Gasteiger partial charge in [0.2, 0.25) is 0 Å². The predicted molar refractivity (Wildman–Crippen MR) is 81.2 cm³/mol. The van der Waals surface area contributed by atoms with E-state index < -0.39 is 0 Å². The summed E-state index contributed by atoms with van der Waals surface area (Å²) in [5.41, 5.74) is 9.30. The lowest BCUT2D eigenvalue weighted by Crippen LogP contribution is -2.05. The third-order valence-corrected chi connectivity index (χ3v) is 3.15. The van der Waals surface area contributed by atoms with Gasteiger partial charge in [-0.3, -0.25) is 0 Å². The Kier molecular flexibility index (Phi) is 4.21. The number of hydrogen-bond acceptors (Lipinski definition) is 4. The van der Waals surface area contributed by atoms with Gasteiger partial charge < -0.3 is 11.1 Å². The summed E-state index contributed by atoms with van der Waals surface area (Å²) in [6.45, 7) is 5.00. The minimum atomic E-state index is 0.467. The lowest BCUT2D eigenvalue weighted by molar-refractivity contribution is 0.865. The van der Waals surface area contributed by atoms with Crippen molar-refractivity contribution >= 4 is 11.5 Å². The van der Waals surface area contributed by atoms with E-state index in [4.69, 9.17) is 11.0 Å². The molecule has 0 aliphatic rings. The molecule has 20 heavy (non-hydrogen) atoms. The fraction of sp³-hybridized carbons (Fsp3) is 0.250. The van der Waals surface area contributed by atoms with Crippen LogP contribution in [0, 0.1) is 11.3 Å². The van der Waals surface area contributed by atoms with Crippen molar-refractivity contribution in [2.75, 3.05) is 11.1 Å². The predicted octanol–water partition coefficient (Wildman–Crippen LogP) is 3.27. The zero-order valence-electron chi connectivity index (χ0n) is 11.7. The fourth-order valence-electron chi connectivity index (χ4n) is 1.90. The molecule has 3 N–H and O–H groups in total. The summed E-state index contributed by atoms with van der Waals surface area (Å²) < 4.78 is 0. The molecule has 2 rings (SSSR count). The van der Waals surface area contributed by atoms with Crippen LogP contribution in [0.3, 0.4) is 0 Å². The molecular formula is C16H18N4. The molecule has 1 aromatic carbocycles. The molecule has 4 nitrogen and oxygen atoms in total. The Morgan fingerprint density at radius 3 is 2.55 bits per heavy atom. The molecule has 0 amide bonds. The van der Waals surface area contributed by atoms with Gasteiger partial charge in [0, 0.05) is 12.7 Å². The summed E-state index contributed by atoms with van der Waals surface area (Å²) in [5.74, 6) is 1.14. The van der Waals surface area contributed by atoms with Crippen LogP contribution < -0.4 is 11.1 Å². The molecule has 0 fully saturated rings. The van der Waals surface area contributed by atoms with Crippen LogP contribution in [0.1, 0.15) is 36.5 Å². The maximum absolute atomic E-state index is 8.77. The number of nitrogens with two attached hydrogens (primary N) is 1. The van der Waals surface area contributed by atoms with Gasteiger partial charge in [-0.2, -0.15) is 5.26 Å². The summed E-state index contributed by atoms with van der Waals surface area (Å²) >= 11 is 0. The van der Waals surface area contributed by atoms with E-state index in [9.17, 15) is 0 Å². The van der Waals surface area contributed by atoms with Gasteiger partial charge in [0.05, 0.1) is 11.3 Å². The summed E-state index contributed by atoms with van der Waals surface area (Å²) in [7, 11) is 0. The van der Waals surface area contributed by atoms with E-state index in [0.717, 1.165) is 0 Å². The van der Waals surface area contributed by atoms with Crippen molar-refractivity contribution in [1.82, 2.24) is 4.98 Å². The molecule has 0 aliphatic heterocycles. The van der Waals surface area contributed by atoms with Crippen LogP contribution in [0.2, 0.25) is 0 Å². The largest absolute Gasteiger partial charge is 0.396 e. The molecule has 0 atom stereocenters. The second-order valence-corrected chi connectivity index (χ2v) is 5.02. The highest BCUT2D eigenvalue weighted by Gasteiger charge is 2.03. The number of aromatic nitrogens is 1. The van der Waals surface area contributed by atoms with Gasteiger partial charge in [0.25, 0.3) is 0 Å². The molecule has 1 heterocycles. The number of hydrogen-bond donors (Lipinski definition) is 2. The Bertz CT molecular complexity index is 624. The minimum absolute atomic E-state index is 0.467. The number of nitriles is 1. The first-order valence-electron chi connectivity index (χ1n) is 6.58. The topological polar surface area (TPSA) is 74.7 Å². The number of rotatable bonds is 4. The van der Waals surface area contributed by atoms with Gasteiger partial charge in [-0.05, 0) is 23.1 Å². The standard InChI is InChI=1S/C16H18N4/c1-11(2)14-5-3-12(4-6-14)9-19-16-15(18)7-13(8-17)10-20-16/h3-7,10-11H,9,18H2,1-2H3,(H,19,20). The molecule has 0 bridgehead atoms. The van der Waals surface area contributed by atoms with Crippen LogP contribution in [0.25, 0.3) is 0 Å². The van der Waals surface area contributed by atoms with Crippen LogP contribution in [-0.4, -0.2) is 4.98 Å². The van der Waals surface area contributed by atoms with E-state index >= 15 is 0 Å². The number of benzene rings is 1. The highest BCUT2D eigenvalue weighted by molar-refractivity contribution is 5.63. The third kappa shape index (κ3) is 3.27. The number of nitrogens with zero attached hydrogens (tertiary/aromatic N) is 2. The SMILES string of the molecule is CC(C)c1ccc(CNc2ncc(C#N)cc2N)cc1. The molecule has 0 spiro atoms. The fourth-order valence-corrected chi connectivity index (χ4v) is 1.90. The van der Waals surface area contributed by atoms with Crippen LogP contribution in [0.4, 0.5) is 11.5 Å². The van der Waals surface area contributed by atoms with E-state index in [1.165, 1.54) is 17.3 Å². The first kappa shape index (κ1) is 13.9. The lowest BCUT2D eigenvalue weighted by Gasteiger charge is -2.10. The molecule has 0 saturated heterocycles. The van der Waals surface area contributed by atoms with Gasteiger partial charge in [-0.1, -0.05) is 38.1 Å². The molecule has 0 radical (unpaired) electrons. The van der Waals surface area contributed by atoms with Gasteiger partial charge in [-0.15, -0.1) is 0 Å². The normalized spacial score (nSPS) is 10.3. The summed E-state index contributed by atoms with van der Waals surface area (Å²) in [5, 5.41) is 11.9. The molecule has 0 aliphatic carbocycles. The highest BCUT2D eigenvalue weighted by Crippen LogP contribution is 2.18. The molecule has 4 heteroatoms. The van der Waals surface area contributed by atoms with Gasteiger partial charge in [-0.25, -0.2) is 4.98 Å². The second-order valence-electron chi connectivity index (χ2n) is 5.02. The van der Waals surface area contributed by atoms with Crippen LogP contribution in [0.15, 0.2) is 36.5 Å². The van der Waals surface area contributed by atoms with Crippen molar-refractivity contribution in [3.63, 3.8) is 0 Å². The average molecular weight is 266 g/mol. The second kappa shape index (κ2) is 6.07. The number of pyridine rings is 1. The Balaban J connectivity index is 2.03. The number of nitrogens with one attached hydrogen (secondary N) is 1. The van der Waals surface area contributed by atoms with Crippen molar-refractivity contribution in [3.05, 3.63) is 53.2 Å². The smallest absolute Gasteiger partial charge is 0.149 e. The summed E-state index contributed by atoms with van der Waals surface area (Å²) in [6.07, 6.45) is 1.51. The Hall–Kier alpha value is -2.54. The van der Waals surface area contributed by atoms with Crippen molar-refractivity contribution in [2.24, 2.45) is 0 Å². The van der Waals surface area contributed by atoms with E-state index in [1.807, 2.05) is 6.07 Å². The molecule has 102 valence electrons. The van der Waals surface area contributed by atoms with Crippen molar-refractivity contribution < 1.29 is 0 Å². The zero-order chi connectivity index (χ0) is 14.5. The number of anilines is 2. The summed E-state index contributed by atoms with van der Waals surface area (Å²) in [4.78, 5) is 4.15. The van der Waals surface area contributed by atoms with Crippen molar-refractivity contribution in [2.45, 2.75) is 26.3 Å². The van der Waals surface area contributed by atoms with E-state index in [2.05, 4.69) is 48.4 Å². The zero-order valence-corrected chi connectivity index (χ0v) is 11.7. The number of nitrogen functional groups attached to an aromatic ring is 1. The maximum atomic E-state index is 8.77.